The van der Waals surface area contributed by atoms with Gasteiger partial charge in [-0.2, -0.15) is 0 Å². The van der Waals surface area contributed by atoms with E-state index < -0.39 is 5.97 Å². The minimum absolute atomic E-state index is 0.116. The van der Waals surface area contributed by atoms with Gasteiger partial charge < -0.3 is 15.3 Å². The Morgan fingerprint density at radius 2 is 2.13 bits per heavy atom. The smallest absolute Gasteiger partial charge is 0.339 e. The van der Waals surface area contributed by atoms with Gasteiger partial charge in [0, 0.05) is 5.56 Å². The molecule has 0 aliphatic carbocycles. The minimum atomic E-state index is -1.21. The summed E-state index contributed by atoms with van der Waals surface area (Å²) in [7, 11) is 0. The Balaban J connectivity index is 3.48. The zero-order valence-corrected chi connectivity index (χ0v) is 8.32. The number of aromatic carboxylic acids is 1. The van der Waals surface area contributed by atoms with Crippen molar-refractivity contribution in [1.29, 1.82) is 0 Å². The number of aromatic hydroxyl groups is 2. The van der Waals surface area contributed by atoms with Crippen LogP contribution in [0, 0.1) is 6.92 Å². The number of rotatable bonds is 3. The first kappa shape index (κ1) is 11.1. The topological polar surface area (TPSA) is 77.8 Å². The van der Waals surface area contributed by atoms with E-state index in [4.69, 9.17) is 5.11 Å². The number of carboxylic acid groups (broad SMARTS) is 1. The van der Waals surface area contributed by atoms with Crippen LogP contribution in [0.5, 0.6) is 11.5 Å². The van der Waals surface area contributed by atoms with E-state index in [1.54, 1.807) is 0 Å². The molecule has 0 unspecified atom stereocenters. The number of benzene rings is 1. The number of carboxylic acids is 1. The van der Waals surface area contributed by atoms with E-state index in [-0.39, 0.29) is 29.0 Å². The number of carbonyl (C=O) groups is 1. The van der Waals surface area contributed by atoms with Crippen LogP contribution in [0.15, 0.2) is 18.7 Å². The molecule has 15 heavy (non-hydrogen) atoms. The molecule has 0 atom stereocenters. The fourth-order valence-corrected chi connectivity index (χ4v) is 1.44. The molecule has 80 valence electrons. The van der Waals surface area contributed by atoms with E-state index in [2.05, 4.69) is 6.58 Å². The molecule has 3 N–H and O–H groups in total. The van der Waals surface area contributed by atoms with E-state index in [1.807, 2.05) is 0 Å². The molecule has 4 heteroatoms. The molecule has 0 aliphatic rings. The van der Waals surface area contributed by atoms with Crippen LogP contribution in [0.25, 0.3) is 0 Å². The maximum atomic E-state index is 10.8. The summed E-state index contributed by atoms with van der Waals surface area (Å²) in [5.74, 6) is -1.72. The van der Waals surface area contributed by atoms with Crippen molar-refractivity contribution in [3.05, 3.63) is 35.4 Å². The summed E-state index contributed by atoms with van der Waals surface area (Å²) in [6.07, 6.45) is 1.70. The highest BCUT2D eigenvalue weighted by molar-refractivity contribution is 5.93. The summed E-state index contributed by atoms with van der Waals surface area (Å²) in [6, 6.07) is 1.32. The van der Waals surface area contributed by atoms with Crippen molar-refractivity contribution in [2.45, 2.75) is 13.3 Å². The van der Waals surface area contributed by atoms with Gasteiger partial charge in [0.1, 0.15) is 17.1 Å². The molecule has 0 aliphatic heterocycles. The van der Waals surface area contributed by atoms with Crippen LogP contribution in [0.1, 0.15) is 21.5 Å². The Morgan fingerprint density at radius 1 is 1.53 bits per heavy atom. The summed E-state index contributed by atoms with van der Waals surface area (Å²) in [6.45, 7) is 4.98. The molecule has 1 rings (SSSR count). The van der Waals surface area contributed by atoms with E-state index in [9.17, 15) is 15.0 Å². The number of hydrogen-bond donors (Lipinski definition) is 3. The van der Waals surface area contributed by atoms with Gasteiger partial charge in [-0.3, -0.25) is 0 Å². The zero-order valence-electron chi connectivity index (χ0n) is 8.32. The van der Waals surface area contributed by atoms with Gasteiger partial charge in [0.25, 0.3) is 0 Å². The van der Waals surface area contributed by atoms with Crippen LogP contribution < -0.4 is 0 Å². The molecule has 0 heterocycles. The summed E-state index contributed by atoms with van der Waals surface area (Å²) >= 11 is 0. The van der Waals surface area contributed by atoms with Crippen molar-refractivity contribution in [2.75, 3.05) is 0 Å². The lowest BCUT2D eigenvalue weighted by Crippen LogP contribution is -2.02. The van der Waals surface area contributed by atoms with E-state index >= 15 is 0 Å². The van der Waals surface area contributed by atoms with Gasteiger partial charge in [-0.05, 0) is 25.0 Å². The first-order chi connectivity index (χ1) is 6.99. The van der Waals surface area contributed by atoms with Crippen LogP contribution in [-0.4, -0.2) is 21.3 Å². The van der Waals surface area contributed by atoms with Crippen LogP contribution >= 0.6 is 0 Å². The van der Waals surface area contributed by atoms with Gasteiger partial charge in [0.05, 0.1) is 0 Å². The van der Waals surface area contributed by atoms with Crippen molar-refractivity contribution in [1.82, 2.24) is 0 Å². The molecule has 0 radical (unpaired) electrons. The lowest BCUT2D eigenvalue weighted by atomic mass is 10.00. The third kappa shape index (κ3) is 1.93. The molecule has 0 saturated heterocycles. The quantitative estimate of drug-likeness (QED) is 0.662. The largest absolute Gasteiger partial charge is 0.508 e. The number of phenols is 2. The molecule has 0 amide bonds. The summed E-state index contributed by atoms with van der Waals surface area (Å²) in [5.41, 5.74) is 0.336. The van der Waals surface area contributed by atoms with Crippen molar-refractivity contribution in [3.63, 3.8) is 0 Å². The molecule has 0 fully saturated rings. The highest BCUT2D eigenvalue weighted by Gasteiger charge is 2.19. The predicted molar refractivity (Wildman–Crippen MR) is 55.4 cm³/mol. The number of aryl methyl sites for hydroxylation is 1. The maximum Gasteiger partial charge on any atom is 0.339 e. The summed E-state index contributed by atoms with van der Waals surface area (Å²) < 4.78 is 0. The SMILES string of the molecule is C=CCc1c(O)cc(C)c(C(=O)O)c1O. The summed E-state index contributed by atoms with van der Waals surface area (Å²) in [5, 5.41) is 28.0. The molecular formula is C11H12O4. The first-order valence-corrected chi connectivity index (χ1v) is 4.37. The number of hydrogen-bond acceptors (Lipinski definition) is 3. The minimum Gasteiger partial charge on any atom is -0.508 e. The van der Waals surface area contributed by atoms with Crippen molar-refractivity contribution in [3.8, 4) is 11.5 Å². The Bertz CT molecular complexity index is 421. The molecule has 0 bridgehead atoms. The first-order valence-electron chi connectivity index (χ1n) is 4.37. The number of allylic oxidation sites excluding steroid dienone is 1. The second-order valence-corrected chi connectivity index (χ2v) is 3.21. The lowest BCUT2D eigenvalue weighted by Gasteiger charge is -2.10. The zero-order chi connectivity index (χ0) is 11.6. The molecule has 4 nitrogen and oxygen atoms in total. The van der Waals surface area contributed by atoms with Crippen molar-refractivity contribution in [2.24, 2.45) is 0 Å². The summed E-state index contributed by atoms with van der Waals surface area (Å²) in [4.78, 5) is 10.8. The molecule has 1 aromatic carbocycles. The standard InChI is InChI=1S/C11H12O4/c1-3-4-7-8(12)5-6(2)9(10(7)13)11(14)15/h3,5,12-13H,1,4H2,2H3,(H,14,15). The van der Waals surface area contributed by atoms with Crippen LogP contribution in [-0.2, 0) is 6.42 Å². The molecule has 0 saturated carbocycles. The second kappa shape index (κ2) is 4.04. The third-order valence-corrected chi connectivity index (χ3v) is 2.14. The molecule has 0 aromatic heterocycles. The van der Waals surface area contributed by atoms with E-state index in [0.29, 0.717) is 5.56 Å². The number of phenolic OH excluding ortho intramolecular Hbond substituents is 1. The molecular weight excluding hydrogens is 196 g/mol. The fourth-order valence-electron chi connectivity index (χ4n) is 1.44. The van der Waals surface area contributed by atoms with Gasteiger partial charge in [-0.25, -0.2) is 4.79 Å². The second-order valence-electron chi connectivity index (χ2n) is 3.21. The normalized spacial score (nSPS) is 9.93. The Labute approximate surface area is 87.1 Å². The van der Waals surface area contributed by atoms with E-state index in [1.165, 1.54) is 19.1 Å². The average molecular weight is 208 g/mol. The highest BCUT2D eigenvalue weighted by Crippen LogP contribution is 2.33. The fraction of sp³-hybridized carbons (Fsp3) is 0.182. The monoisotopic (exact) mass is 208 g/mol. The molecule has 1 aromatic rings. The van der Waals surface area contributed by atoms with Gasteiger partial charge in [0.2, 0.25) is 0 Å². The Kier molecular flexibility index (Phi) is 2.99. The van der Waals surface area contributed by atoms with Crippen LogP contribution in [0.3, 0.4) is 0 Å². The predicted octanol–water partition coefficient (Wildman–Crippen LogP) is 1.83. The van der Waals surface area contributed by atoms with Crippen molar-refractivity contribution >= 4 is 5.97 Å². The van der Waals surface area contributed by atoms with Crippen LogP contribution in [0.4, 0.5) is 0 Å². The Hall–Kier alpha value is -1.97. The van der Waals surface area contributed by atoms with E-state index in [0.717, 1.165) is 0 Å². The van der Waals surface area contributed by atoms with Gasteiger partial charge >= 0.3 is 5.97 Å². The average Bonchev–Trinajstić information content (AvgIpc) is 2.11. The third-order valence-electron chi connectivity index (χ3n) is 2.14. The van der Waals surface area contributed by atoms with Gasteiger partial charge in [0.15, 0.2) is 0 Å². The molecule has 0 spiro atoms. The highest BCUT2D eigenvalue weighted by atomic mass is 16.4. The van der Waals surface area contributed by atoms with Gasteiger partial charge in [-0.1, -0.05) is 6.08 Å². The Morgan fingerprint density at radius 3 is 2.60 bits per heavy atom. The van der Waals surface area contributed by atoms with Gasteiger partial charge in [-0.15, -0.1) is 6.58 Å². The van der Waals surface area contributed by atoms with Crippen molar-refractivity contribution < 1.29 is 20.1 Å². The lowest BCUT2D eigenvalue weighted by molar-refractivity contribution is 0.0692. The maximum absolute atomic E-state index is 10.8. The van der Waals surface area contributed by atoms with Crippen LogP contribution in [0.2, 0.25) is 0 Å².